The van der Waals surface area contributed by atoms with Gasteiger partial charge in [-0.2, -0.15) is 4.98 Å². The molecular weight excluding hydrogens is 252 g/mol. The molecule has 0 saturated carbocycles. The first kappa shape index (κ1) is 14.7. The molecule has 0 spiro atoms. The molecule has 2 aromatic rings. The molecule has 108 valence electrons. The molecule has 1 heterocycles. The summed E-state index contributed by atoms with van der Waals surface area (Å²) < 4.78 is 5.01. The van der Waals surface area contributed by atoms with Crippen LogP contribution in [0.25, 0.3) is 0 Å². The average Bonchev–Trinajstić information content (AvgIpc) is 2.89. The number of nitrogens with zero attached hydrogens (tertiary/aromatic N) is 3. The number of hydrogen-bond acceptors (Lipinski definition) is 5. The van der Waals surface area contributed by atoms with Crippen molar-refractivity contribution >= 4 is 0 Å². The molecule has 2 rings (SSSR count). The van der Waals surface area contributed by atoms with Crippen molar-refractivity contribution in [3.05, 3.63) is 47.1 Å². The maximum absolute atomic E-state index is 5.46. The molecule has 1 atom stereocenters. The fourth-order valence-corrected chi connectivity index (χ4v) is 2.04. The quantitative estimate of drug-likeness (QED) is 0.871. The second-order valence-electron chi connectivity index (χ2n) is 5.26. The van der Waals surface area contributed by atoms with Gasteiger partial charge in [-0.05, 0) is 32.9 Å². The normalized spacial score (nSPS) is 12.8. The van der Waals surface area contributed by atoms with Crippen LogP contribution in [0.15, 0.2) is 28.8 Å². The van der Waals surface area contributed by atoms with Crippen LogP contribution in [0, 0.1) is 6.92 Å². The summed E-state index contributed by atoms with van der Waals surface area (Å²) in [6.07, 6.45) is 0.998. The lowest BCUT2D eigenvalue weighted by molar-refractivity contribution is 0.238. The molecular formula is C15H22N4O. The molecule has 1 aromatic carbocycles. The maximum atomic E-state index is 5.46. The Hall–Kier alpha value is -1.72. The van der Waals surface area contributed by atoms with Crippen LogP contribution in [0.5, 0.6) is 0 Å². The summed E-state index contributed by atoms with van der Waals surface area (Å²) in [6, 6.07) is 9.06. The van der Waals surface area contributed by atoms with Crippen molar-refractivity contribution in [2.45, 2.75) is 39.4 Å². The van der Waals surface area contributed by atoms with E-state index in [1.54, 1.807) is 0 Å². The largest absolute Gasteiger partial charge is 0.338 e. The summed E-state index contributed by atoms with van der Waals surface area (Å²) >= 11 is 0. The number of rotatable bonds is 6. The third-order valence-electron chi connectivity index (χ3n) is 3.48. The lowest BCUT2D eigenvalue weighted by atomic mass is 10.0. The first-order chi connectivity index (χ1) is 9.58. The zero-order chi connectivity index (χ0) is 14.5. The minimum Gasteiger partial charge on any atom is -0.338 e. The summed E-state index contributed by atoms with van der Waals surface area (Å²) in [6.45, 7) is 5.25. The Kier molecular flexibility index (Phi) is 4.87. The highest BCUT2D eigenvalue weighted by Gasteiger charge is 2.13. The van der Waals surface area contributed by atoms with Crippen LogP contribution >= 0.6 is 0 Å². The van der Waals surface area contributed by atoms with E-state index in [1.807, 2.05) is 0 Å². The van der Waals surface area contributed by atoms with Crippen LogP contribution in [-0.2, 0) is 19.5 Å². The number of benzene rings is 1. The zero-order valence-electron chi connectivity index (χ0n) is 12.3. The monoisotopic (exact) mass is 274 g/mol. The van der Waals surface area contributed by atoms with Gasteiger partial charge < -0.3 is 10.3 Å². The molecule has 1 aromatic heterocycles. The third-order valence-corrected chi connectivity index (χ3v) is 3.48. The predicted octanol–water partition coefficient (Wildman–Crippen LogP) is 1.90. The van der Waals surface area contributed by atoms with Crippen LogP contribution in [-0.4, -0.2) is 28.1 Å². The van der Waals surface area contributed by atoms with Crippen molar-refractivity contribution in [2.75, 3.05) is 7.05 Å². The summed E-state index contributed by atoms with van der Waals surface area (Å²) in [5, 5.41) is 3.92. The first-order valence-electron chi connectivity index (χ1n) is 6.86. The molecule has 20 heavy (non-hydrogen) atoms. The molecule has 5 nitrogen and oxygen atoms in total. The SMILES string of the molecule is Cc1ccc(CC(C)N(C)Cc2noc(CN)n2)cc1. The van der Waals surface area contributed by atoms with Crippen LogP contribution in [0.2, 0.25) is 0 Å². The van der Waals surface area contributed by atoms with Gasteiger partial charge >= 0.3 is 0 Å². The third kappa shape index (κ3) is 3.88. The van der Waals surface area contributed by atoms with Gasteiger partial charge in [0.15, 0.2) is 5.82 Å². The number of nitrogens with two attached hydrogens (primary N) is 1. The van der Waals surface area contributed by atoms with Crippen LogP contribution in [0.4, 0.5) is 0 Å². The number of aryl methyl sites for hydroxylation is 1. The molecule has 5 heteroatoms. The maximum Gasteiger partial charge on any atom is 0.240 e. The Morgan fingerprint density at radius 3 is 2.60 bits per heavy atom. The summed E-state index contributed by atoms with van der Waals surface area (Å²) in [5.74, 6) is 1.17. The molecule has 0 radical (unpaired) electrons. The summed E-state index contributed by atoms with van der Waals surface area (Å²) in [5.41, 5.74) is 8.08. The fraction of sp³-hybridized carbons (Fsp3) is 0.467. The lowest BCUT2D eigenvalue weighted by Crippen LogP contribution is -2.30. The van der Waals surface area contributed by atoms with Crippen molar-refractivity contribution in [3.63, 3.8) is 0 Å². The van der Waals surface area contributed by atoms with Gasteiger partial charge in [-0.15, -0.1) is 0 Å². The Morgan fingerprint density at radius 2 is 2.00 bits per heavy atom. The van der Waals surface area contributed by atoms with E-state index in [4.69, 9.17) is 10.3 Å². The highest BCUT2D eigenvalue weighted by Crippen LogP contribution is 2.11. The highest BCUT2D eigenvalue weighted by molar-refractivity contribution is 5.21. The Labute approximate surface area is 119 Å². The van der Waals surface area contributed by atoms with E-state index < -0.39 is 0 Å². The summed E-state index contributed by atoms with van der Waals surface area (Å²) in [7, 11) is 2.07. The molecule has 0 bridgehead atoms. The minimum atomic E-state index is 0.287. The fourth-order valence-electron chi connectivity index (χ4n) is 2.04. The first-order valence-corrected chi connectivity index (χ1v) is 6.86. The molecule has 0 saturated heterocycles. The minimum absolute atomic E-state index is 0.287. The molecule has 0 fully saturated rings. The topological polar surface area (TPSA) is 68.2 Å². The second kappa shape index (κ2) is 6.63. The van der Waals surface area contributed by atoms with Crippen molar-refractivity contribution < 1.29 is 4.52 Å². The van der Waals surface area contributed by atoms with Gasteiger partial charge in [-0.3, -0.25) is 4.90 Å². The van der Waals surface area contributed by atoms with Gasteiger partial charge in [-0.25, -0.2) is 0 Å². The Bertz CT molecular complexity index is 535. The van der Waals surface area contributed by atoms with E-state index >= 15 is 0 Å². The van der Waals surface area contributed by atoms with E-state index in [9.17, 15) is 0 Å². The van der Waals surface area contributed by atoms with Gasteiger partial charge in [0.1, 0.15) is 0 Å². The van der Waals surface area contributed by atoms with Crippen LogP contribution in [0.3, 0.4) is 0 Å². The highest BCUT2D eigenvalue weighted by atomic mass is 16.5. The number of hydrogen-bond donors (Lipinski definition) is 1. The second-order valence-corrected chi connectivity index (χ2v) is 5.26. The van der Waals surface area contributed by atoms with Gasteiger partial charge in [0.25, 0.3) is 0 Å². The van der Waals surface area contributed by atoms with Crippen LogP contribution in [0.1, 0.15) is 29.8 Å². The van der Waals surface area contributed by atoms with E-state index in [0.717, 1.165) is 6.42 Å². The molecule has 0 amide bonds. The number of likely N-dealkylation sites (N-methyl/N-ethyl adjacent to an activating group) is 1. The van der Waals surface area contributed by atoms with Gasteiger partial charge in [0, 0.05) is 6.04 Å². The smallest absolute Gasteiger partial charge is 0.240 e. The molecule has 0 aliphatic heterocycles. The van der Waals surface area contributed by atoms with E-state index in [-0.39, 0.29) is 6.54 Å². The molecule has 0 aliphatic carbocycles. The van der Waals surface area contributed by atoms with Crippen molar-refractivity contribution in [1.82, 2.24) is 15.0 Å². The van der Waals surface area contributed by atoms with Crippen molar-refractivity contribution in [1.29, 1.82) is 0 Å². The zero-order valence-corrected chi connectivity index (χ0v) is 12.3. The molecule has 1 unspecified atom stereocenters. The van der Waals surface area contributed by atoms with Gasteiger partial charge in [-0.1, -0.05) is 35.0 Å². The molecule has 0 aliphatic rings. The van der Waals surface area contributed by atoms with E-state index in [1.165, 1.54) is 11.1 Å². The predicted molar refractivity (Wildman–Crippen MR) is 78.0 cm³/mol. The van der Waals surface area contributed by atoms with E-state index in [0.29, 0.717) is 24.3 Å². The standard InChI is InChI=1S/C15H22N4O/c1-11-4-6-13(7-5-11)8-12(2)19(3)10-14-17-15(9-16)20-18-14/h4-7,12H,8-10,16H2,1-3H3. The van der Waals surface area contributed by atoms with Crippen LogP contribution < -0.4 is 5.73 Å². The number of aromatic nitrogens is 2. The molecule has 2 N–H and O–H groups in total. The van der Waals surface area contributed by atoms with Gasteiger partial charge in [0.2, 0.25) is 5.89 Å². The summed E-state index contributed by atoms with van der Waals surface area (Å²) in [4.78, 5) is 6.44. The average molecular weight is 274 g/mol. The van der Waals surface area contributed by atoms with Crippen molar-refractivity contribution in [3.8, 4) is 0 Å². The van der Waals surface area contributed by atoms with Gasteiger partial charge in [0.05, 0.1) is 13.1 Å². The lowest BCUT2D eigenvalue weighted by Gasteiger charge is -2.23. The van der Waals surface area contributed by atoms with E-state index in [2.05, 4.69) is 60.2 Å². The Balaban J connectivity index is 1.91. The van der Waals surface area contributed by atoms with Crippen molar-refractivity contribution in [2.24, 2.45) is 5.73 Å². The Morgan fingerprint density at radius 1 is 1.30 bits per heavy atom.